The van der Waals surface area contributed by atoms with Crippen LogP contribution in [-0.2, 0) is 4.74 Å². The van der Waals surface area contributed by atoms with Crippen LogP contribution in [0.5, 0.6) is 0 Å². The van der Waals surface area contributed by atoms with Gasteiger partial charge in [0, 0.05) is 16.3 Å². The molecule has 3 aromatic rings. The average Bonchev–Trinajstić information content (AvgIpc) is 2.60. The number of ether oxygens (including phenoxy) is 1. The molecule has 0 unspecified atom stereocenters. The Labute approximate surface area is 156 Å². The van der Waals surface area contributed by atoms with Crippen molar-refractivity contribution in [1.82, 2.24) is 9.55 Å². The lowest BCUT2D eigenvalue weighted by Crippen LogP contribution is -2.37. The van der Waals surface area contributed by atoms with Crippen molar-refractivity contribution in [3.63, 3.8) is 0 Å². The number of nitrogens with zero attached hydrogens (tertiary/aromatic N) is 2. The largest absolute Gasteiger partial charge is 0.465 e. The lowest BCUT2D eigenvalue weighted by molar-refractivity contribution is 0.0602. The van der Waals surface area contributed by atoms with E-state index in [2.05, 4.69) is 4.98 Å². The van der Waals surface area contributed by atoms with Crippen LogP contribution in [0.4, 0.5) is 0 Å². The van der Waals surface area contributed by atoms with Crippen LogP contribution in [0.3, 0.4) is 0 Å². The van der Waals surface area contributed by atoms with Gasteiger partial charge in [0.1, 0.15) is 4.83 Å². The summed E-state index contributed by atoms with van der Waals surface area (Å²) >= 11 is 6.64. The first-order valence-electron chi connectivity index (χ1n) is 7.34. The van der Waals surface area contributed by atoms with Gasteiger partial charge in [-0.1, -0.05) is 22.9 Å². The highest BCUT2D eigenvalue weighted by Crippen LogP contribution is 2.18. The first-order valence-corrected chi connectivity index (χ1v) is 8.53. The number of carbonyl (C=O) groups is 2. The lowest BCUT2D eigenvalue weighted by atomic mass is 10.1. The van der Waals surface area contributed by atoms with Crippen molar-refractivity contribution in [3.8, 4) is 0 Å². The summed E-state index contributed by atoms with van der Waals surface area (Å²) in [7, 11) is 1.20. The number of esters is 1. The molecule has 0 fully saturated rings. The summed E-state index contributed by atoms with van der Waals surface area (Å²) < 4.78 is 5.43. The minimum absolute atomic E-state index is 0.00825. The number of nitrogens with one attached hydrogen (secondary N) is 1. The molecule has 2 aromatic heterocycles. The predicted molar refractivity (Wildman–Crippen MR) is 97.0 cm³/mol. The second-order valence-electron chi connectivity index (χ2n) is 5.34. The van der Waals surface area contributed by atoms with Crippen molar-refractivity contribution >= 4 is 45.0 Å². The number of methoxy groups -OCH3 is 1. The molecular weight excluding hydrogens is 378 g/mol. The van der Waals surface area contributed by atoms with Gasteiger partial charge in [-0.2, -0.15) is 0 Å². The quantitative estimate of drug-likeness (QED) is 0.678. The van der Waals surface area contributed by atoms with Crippen molar-refractivity contribution in [2.24, 2.45) is 0 Å². The van der Waals surface area contributed by atoms with Gasteiger partial charge in [0.05, 0.1) is 18.1 Å². The molecule has 0 aliphatic heterocycles. The van der Waals surface area contributed by atoms with E-state index in [9.17, 15) is 14.4 Å². The summed E-state index contributed by atoms with van der Waals surface area (Å²) in [6.07, 6.45) is 0. The van der Waals surface area contributed by atoms with Gasteiger partial charge in [0.2, 0.25) is 0 Å². The van der Waals surface area contributed by atoms with E-state index in [0.717, 1.165) is 11.3 Å². The molecule has 9 heteroatoms. The molecule has 2 heterocycles. The number of rotatable bonds is 2. The van der Waals surface area contributed by atoms with Crippen LogP contribution in [0, 0.1) is 12.3 Å². The number of hydrogen-bond acceptors (Lipinski definition) is 7. The van der Waals surface area contributed by atoms with Gasteiger partial charge >= 0.3 is 5.97 Å². The standard InChI is InChI=1S/C17H12ClN3O4S/c1-8-7-11(16(24)25-2)12-13(20-8)26-17(19)21(15(12)23)14(22)9-3-5-10(18)6-4-9/h3-7,19H,1-2H3. The molecule has 0 spiro atoms. The number of hydrogen-bond donors (Lipinski definition) is 1. The Morgan fingerprint density at radius 3 is 2.54 bits per heavy atom. The Kier molecular flexibility index (Phi) is 4.71. The van der Waals surface area contributed by atoms with Crippen molar-refractivity contribution in [2.75, 3.05) is 7.11 Å². The summed E-state index contributed by atoms with van der Waals surface area (Å²) in [5.41, 5.74) is -0.100. The SMILES string of the molecule is COC(=O)c1cc(C)nc2sc(=N)n(C(=O)c3ccc(Cl)cc3)c(=O)c12. The highest BCUT2D eigenvalue weighted by molar-refractivity contribution is 7.15. The molecule has 1 aromatic carbocycles. The third-order valence-corrected chi connectivity index (χ3v) is 4.74. The average molecular weight is 390 g/mol. The van der Waals surface area contributed by atoms with Crippen LogP contribution in [0.25, 0.3) is 10.2 Å². The third kappa shape index (κ3) is 3.04. The fourth-order valence-corrected chi connectivity index (χ4v) is 3.50. The van der Waals surface area contributed by atoms with Gasteiger partial charge in [0.25, 0.3) is 11.5 Å². The van der Waals surface area contributed by atoms with Crippen LogP contribution >= 0.6 is 22.9 Å². The van der Waals surface area contributed by atoms with Crippen LogP contribution in [-0.4, -0.2) is 28.5 Å². The fourth-order valence-electron chi connectivity index (χ4n) is 2.44. The van der Waals surface area contributed by atoms with Crippen molar-refractivity contribution < 1.29 is 14.3 Å². The maximum atomic E-state index is 12.9. The van der Waals surface area contributed by atoms with Crippen molar-refractivity contribution in [3.05, 3.63) is 67.3 Å². The van der Waals surface area contributed by atoms with Crippen LogP contribution in [0.15, 0.2) is 35.1 Å². The van der Waals surface area contributed by atoms with Gasteiger partial charge in [0.15, 0.2) is 4.80 Å². The van der Waals surface area contributed by atoms with Gasteiger partial charge < -0.3 is 4.74 Å². The molecule has 0 saturated heterocycles. The smallest absolute Gasteiger partial charge is 0.338 e. The van der Waals surface area contributed by atoms with Gasteiger partial charge in [-0.15, -0.1) is 0 Å². The van der Waals surface area contributed by atoms with E-state index in [1.807, 2.05) is 0 Å². The third-order valence-electron chi connectivity index (χ3n) is 3.63. The Hall–Kier alpha value is -2.84. The van der Waals surface area contributed by atoms with Crippen molar-refractivity contribution in [1.29, 1.82) is 5.41 Å². The van der Waals surface area contributed by atoms with E-state index in [-0.39, 0.29) is 26.1 Å². The number of pyridine rings is 1. The van der Waals surface area contributed by atoms with Crippen LogP contribution in [0.1, 0.15) is 26.4 Å². The fraction of sp³-hybridized carbons (Fsp3) is 0.118. The molecule has 7 nitrogen and oxygen atoms in total. The van der Waals surface area contributed by atoms with E-state index in [1.165, 1.54) is 37.4 Å². The van der Waals surface area contributed by atoms with E-state index in [4.69, 9.17) is 21.7 Å². The molecule has 3 rings (SSSR count). The Morgan fingerprint density at radius 1 is 1.27 bits per heavy atom. The number of aromatic nitrogens is 2. The molecule has 0 aliphatic rings. The summed E-state index contributed by atoms with van der Waals surface area (Å²) in [4.78, 5) is 41.8. The normalized spacial score (nSPS) is 10.7. The highest BCUT2D eigenvalue weighted by Gasteiger charge is 2.21. The topological polar surface area (TPSA) is 102 Å². The minimum Gasteiger partial charge on any atom is -0.465 e. The highest BCUT2D eigenvalue weighted by atomic mass is 35.5. The second kappa shape index (κ2) is 6.81. The maximum Gasteiger partial charge on any atom is 0.338 e. The monoisotopic (exact) mass is 389 g/mol. The molecule has 0 radical (unpaired) electrons. The molecule has 0 bridgehead atoms. The summed E-state index contributed by atoms with van der Waals surface area (Å²) in [6.45, 7) is 1.66. The van der Waals surface area contributed by atoms with E-state index < -0.39 is 17.4 Å². The zero-order chi connectivity index (χ0) is 19.0. The zero-order valence-electron chi connectivity index (χ0n) is 13.7. The molecule has 1 N–H and O–H groups in total. The molecule has 0 aliphatic carbocycles. The van der Waals surface area contributed by atoms with Gasteiger partial charge in [-0.25, -0.2) is 14.3 Å². The molecule has 0 saturated carbocycles. The summed E-state index contributed by atoms with van der Waals surface area (Å²) in [5.74, 6) is -1.40. The molecule has 0 amide bonds. The first-order chi connectivity index (χ1) is 12.3. The number of halogens is 1. The molecule has 0 atom stereocenters. The molecular formula is C17H12ClN3O4S. The van der Waals surface area contributed by atoms with E-state index in [0.29, 0.717) is 15.3 Å². The number of carbonyl (C=O) groups excluding carboxylic acids is 2. The Bertz CT molecular complexity index is 1170. The molecule has 26 heavy (non-hydrogen) atoms. The molecule has 132 valence electrons. The maximum absolute atomic E-state index is 12.9. The van der Waals surface area contributed by atoms with Gasteiger partial charge in [-0.3, -0.25) is 15.0 Å². The summed E-state index contributed by atoms with van der Waals surface area (Å²) in [5, 5.41) is 8.48. The van der Waals surface area contributed by atoms with Gasteiger partial charge in [-0.05, 0) is 37.3 Å². The second-order valence-corrected chi connectivity index (χ2v) is 6.76. The first kappa shape index (κ1) is 18.0. The summed E-state index contributed by atoms with van der Waals surface area (Å²) in [6, 6.07) is 7.36. The Balaban J connectivity index is 2.34. The number of aryl methyl sites for hydroxylation is 1. The minimum atomic E-state index is -0.795. The lowest BCUT2D eigenvalue weighted by Gasteiger charge is -2.09. The van der Waals surface area contributed by atoms with Crippen molar-refractivity contribution in [2.45, 2.75) is 6.92 Å². The number of fused-ring (bicyclic) bond motifs is 1. The van der Waals surface area contributed by atoms with Crippen LogP contribution in [0.2, 0.25) is 5.02 Å². The van der Waals surface area contributed by atoms with E-state index >= 15 is 0 Å². The van der Waals surface area contributed by atoms with E-state index in [1.54, 1.807) is 6.92 Å². The van der Waals surface area contributed by atoms with Crippen LogP contribution < -0.4 is 10.4 Å². The predicted octanol–water partition coefficient (Wildman–Crippen LogP) is 2.37. The number of benzene rings is 1. The Morgan fingerprint density at radius 2 is 1.92 bits per heavy atom. The zero-order valence-corrected chi connectivity index (χ0v) is 15.3.